The number of H-pyrrole nitrogens is 1. The van der Waals surface area contributed by atoms with Crippen molar-refractivity contribution < 1.29 is 0 Å². The lowest BCUT2D eigenvalue weighted by molar-refractivity contribution is 0.387. The van der Waals surface area contributed by atoms with Gasteiger partial charge in [0, 0.05) is 11.0 Å². The Morgan fingerprint density at radius 3 is 2.88 bits per heavy atom. The molecule has 5 heteroatoms. The normalized spacial score (nSPS) is 11.5. The zero-order valence-corrected chi connectivity index (χ0v) is 12.4. The minimum Gasteiger partial charge on any atom is -0.331 e. The number of aromatic nitrogens is 2. The fourth-order valence-corrected chi connectivity index (χ4v) is 2.56. The summed E-state index contributed by atoms with van der Waals surface area (Å²) in [4.78, 5) is 5.43. The van der Waals surface area contributed by atoms with Crippen LogP contribution in [0.3, 0.4) is 0 Å². The van der Waals surface area contributed by atoms with Gasteiger partial charge in [-0.1, -0.05) is 15.9 Å². The van der Waals surface area contributed by atoms with Crippen LogP contribution >= 0.6 is 28.1 Å². The molecule has 1 heterocycles. The van der Waals surface area contributed by atoms with Crippen molar-refractivity contribution in [3.63, 3.8) is 0 Å². The SMILES string of the molecule is CN(C)CCCn1c(=S)[nH]c2cc(Br)ccc21. The molecule has 0 saturated carbocycles. The summed E-state index contributed by atoms with van der Waals surface area (Å²) in [6.07, 6.45) is 1.10. The number of hydrogen-bond acceptors (Lipinski definition) is 2. The van der Waals surface area contributed by atoms with Crippen LogP contribution in [0.1, 0.15) is 6.42 Å². The summed E-state index contributed by atoms with van der Waals surface area (Å²) in [7, 11) is 4.18. The van der Waals surface area contributed by atoms with Gasteiger partial charge < -0.3 is 14.5 Å². The maximum Gasteiger partial charge on any atom is 0.178 e. The van der Waals surface area contributed by atoms with Crippen molar-refractivity contribution in [1.29, 1.82) is 0 Å². The van der Waals surface area contributed by atoms with E-state index in [0.717, 1.165) is 34.3 Å². The minimum atomic E-state index is 0.803. The van der Waals surface area contributed by atoms with Crippen LogP contribution in [-0.2, 0) is 6.54 Å². The van der Waals surface area contributed by atoms with Gasteiger partial charge in [0.1, 0.15) is 0 Å². The lowest BCUT2D eigenvalue weighted by Crippen LogP contribution is -2.15. The van der Waals surface area contributed by atoms with E-state index in [2.05, 4.69) is 56.6 Å². The Morgan fingerprint density at radius 1 is 1.41 bits per heavy atom. The zero-order valence-electron chi connectivity index (χ0n) is 10.0. The smallest absolute Gasteiger partial charge is 0.178 e. The van der Waals surface area contributed by atoms with E-state index in [1.807, 2.05) is 6.07 Å². The van der Waals surface area contributed by atoms with Gasteiger partial charge in [-0.2, -0.15) is 0 Å². The summed E-state index contributed by atoms with van der Waals surface area (Å²) in [5.41, 5.74) is 2.27. The number of hydrogen-bond donors (Lipinski definition) is 1. The summed E-state index contributed by atoms with van der Waals surface area (Å²) in [6, 6.07) is 6.21. The molecule has 0 aliphatic rings. The van der Waals surface area contributed by atoms with Gasteiger partial charge in [0.25, 0.3) is 0 Å². The predicted octanol–water partition coefficient (Wildman–Crippen LogP) is 3.41. The maximum absolute atomic E-state index is 5.35. The Bertz CT molecular complexity index is 571. The molecule has 0 amide bonds. The van der Waals surface area contributed by atoms with E-state index in [-0.39, 0.29) is 0 Å². The summed E-state index contributed by atoms with van der Waals surface area (Å²) < 4.78 is 4.04. The molecule has 1 aromatic heterocycles. The van der Waals surface area contributed by atoms with Crippen molar-refractivity contribution >= 4 is 39.2 Å². The fourth-order valence-electron chi connectivity index (χ4n) is 1.90. The van der Waals surface area contributed by atoms with Crippen LogP contribution in [0.2, 0.25) is 0 Å². The second kappa shape index (κ2) is 5.33. The van der Waals surface area contributed by atoms with E-state index < -0.39 is 0 Å². The van der Waals surface area contributed by atoms with Crippen LogP contribution in [0.5, 0.6) is 0 Å². The number of halogens is 1. The van der Waals surface area contributed by atoms with E-state index in [1.54, 1.807) is 0 Å². The van der Waals surface area contributed by atoms with Crippen LogP contribution in [0.15, 0.2) is 22.7 Å². The van der Waals surface area contributed by atoms with E-state index in [1.165, 1.54) is 5.52 Å². The van der Waals surface area contributed by atoms with Gasteiger partial charge in [0.05, 0.1) is 11.0 Å². The molecule has 0 spiro atoms. The molecule has 1 N–H and O–H groups in total. The highest BCUT2D eigenvalue weighted by Gasteiger charge is 2.04. The van der Waals surface area contributed by atoms with Crippen molar-refractivity contribution in [3.05, 3.63) is 27.4 Å². The first-order chi connectivity index (χ1) is 8.08. The second-order valence-corrected chi connectivity index (χ2v) is 5.70. The monoisotopic (exact) mass is 313 g/mol. The lowest BCUT2D eigenvalue weighted by atomic mass is 10.3. The molecule has 1 aromatic carbocycles. The topological polar surface area (TPSA) is 24.0 Å². The molecule has 2 aromatic rings. The highest BCUT2D eigenvalue weighted by Crippen LogP contribution is 2.19. The third-order valence-electron chi connectivity index (χ3n) is 2.72. The third-order valence-corrected chi connectivity index (χ3v) is 3.54. The largest absolute Gasteiger partial charge is 0.331 e. The Morgan fingerprint density at radius 2 is 2.18 bits per heavy atom. The molecular formula is C12H16BrN3S. The molecule has 3 nitrogen and oxygen atoms in total. The number of fused-ring (bicyclic) bond motifs is 1. The van der Waals surface area contributed by atoms with Crippen LogP contribution < -0.4 is 0 Å². The van der Waals surface area contributed by atoms with Crippen molar-refractivity contribution in [2.75, 3.05) is 20.6 Å². The number of imidazole rings is 1. The van der Waals surface area contributed by atoms with Crippen LogP contribution in [0.4, 0.5) is 0 Å². The van der Waals surface area contributed by atoms with Gasteiger partial charge in [-0.05, 0) is 57.5 Å². The Labute approximate surface area is 115 Å². The van der Waals surface area contributed by atoms with Crippen molar-refractivity contribution in [2.24, 2.45) is 0 Å². The van der Waals surface area contributed by atoms with Crippen molar-refractivity contribution in [1.82, 2.24) is 14.5 Å². The number of rotatable bonds is 4. The zero-order chi connectivity index (χ0) is 12.4. The van der Waals surface area contributed by atoms with Gasteiger partial charge in [0.2, 0.25) is 0 Å². The standard InChI is InChI=1S/C12H16BrN3S/c1-15(2)6-3-7-16-11-5-4-9(13)8-10(11)14-12(16)17/h4-5,8H,3,6-7H2,1-2H3,(H,14,17). The molecule has 2 rings (SSSR count). The van der Waals surface area contributed by atoms with Crippen LogP contribution in [0, 0.1) is 4.77 Å². The van der Waals surface area contributed by atoms with Gasteiger partial charge in [-0.15, -0.1) is 0 Å². The van der Waals surface area contributed by atoms with Crippen molar-refractivity contribution in [2.45, 2.75) is 13.0 Å². The van der Waals surface area contributed by atoms with E-state index in [0.29, 0.717) is 0 Å². The average Bonchev–Trinajstić information content (AvgIpc) is 2.54. The first kappa shape index (κ1) is 12.8. The van der Waals surface area contributed by atoms with Gasteiger partial charge in [-0.25, -0.2) is 0 Å². The lowest BCUT2D eigenvalue weighted by Gasteiger charge is -2.10. The number of aryl methyl sites for hydroxylation is 1. The Balaban J connectivity index is 2.27. The summed E-state index contributed by atoms with van der Waals surface area (Å²) in [5, 5.41) is 0. The predicted molar refractivity (Wildman–Crippen MR) is 78.0 cm³/mol. The van der Waals surface area contributed by atoms with E-state index in [4.69, 9.17) is 12.2 Å². The van der Waals surface area contributed by atoms with Gasteiger partial charge >= 0.3 is 0 Å². The number of benzene rings is 1. The average molecular weight is 314 g/mol. The highest BCUT2D eigenvalue weighted by molar-refractivity contribution is 9.10. The number of aromatic amines is 1. The molecule has 0 aliphatic carbocycles. The minimum absolute atomic E-state index is 0.803. The molecule has 0 fully saturated rings. The van der Waals surface area contributed by atoms with E-state index in [9.17, 15) is 0 Å². The number of nitrogens with zero attached hydrogens (tertiary/aromatic N) is 2. The first-order valence-electron chi connectivity index (χ1n) is 5.61. The molecule has 0 unspecified atom stereocenters. The van der Waals surface area contributed by atoms with Crippen molar-refractivity contribution in [3.8, 4) is 0 Å². The molecule has 0 bridgehead atoms. The molecule has 0 atom stereocenters. The summed E-state index contributed by atoms with van der Waals surface area (Å²) in [5.74, 6) is 0. The Kier molecular flexibility index (Phi) is 4.01. The van der Waals surface area contributed by atoms with Gasteiger partial charge in [-0.3, -0.25) is 0 Å². The third kappa shape index (κ3) is 2.97. The fraction of sp³-hybridized carbons (Fsp3) is 0.417. The van der Waals surface area contributed by atoms with Crippen LogP contribution in [0.25, 0.3) is 11.0 Å². The quantitative estimate of drug-likeness (QED) is 0.875. The molecule has 0 aliphatic heterocycles. The first-order valence-corrected chi connectivity index (χ1v) is 6.81. The highest BCUT2D eigenvalue weighted by atomic mass is 79.9. The van der Waals surface area contributed by atoms with E-state index >= 15 is 0 Å². The molecule has 0 radical (unpaired) electrons. The Hall–Kier alpha value is -0.650. The molecular weight excluding hydrogens is 298 g/mol. The van der Waals surface area contributed by atoms with Crippen LogP contribution in [-0.4, -0.2) is 35.1 Å². The number of nitrogens with one attached hydrogen (secondary N) is 1. The second-order valence-electron chi connectivity index (χ2n) is 4.40. The summed E-state index contributed by atoms with van der Waals surface area (Å²) in [6.45, 7) is 2.03. The molecule has 0 saturated heterocycles. The van der Waals surface area contributed by atoms with Gasteiger partial charge in [0.15, 0.2) is 4.77 Å². The molecule has 92 valence electrons. The summed E-state index contributed by atoms with van der Waals surface area (Å²) >= 11 is 8.82. The molecule has 17 heavy (non-hydrogen) atoms. The maximum atomic E-state index is 5.35.